The third kappa shape index (κ3) is 4.29. The summed E-state index contributed by atoms with van der Waals surface area (Å²) in [6.45, 7) is 0. The largest absolute Gasteiger partial charge is 0.353 e. The van der Waals surface area contributed by atoms with Gasteiger partial charge in [0, 0.05) is 23.5 Å². The number of hydrogen-bond donors (Lipinski definition) is 2. The number of anilines is 1. The van der Waals surface area contributed by atoms with Crippen molar-refractivity contribution in [3.63, 3.8) is 0 Å². The van der Waals surface area contributed by atoms with Crippen LogP contribution in [0.2, 0.25) is 10.0 Å². The maximum absolute atomic E-state index is 12.4. The number of benzene rings is 2. The highest BCUT2D eigenvalue weighted by Gasteiger charge is 2.14. The highest BCUT2D eigenvalue weighted by Crippen LogP contribution is 2.31. The van der Waals surface area contributed by atoms with Crippen LogP contribution in [0, 0.1) is 0 Å². The van der Waals surface area contributed by atoms with Gasteiger partial charge >= 0.3 is 0 Å². The molecule has 0 unspecified atom stereocenters. The summed E-state index contributed by atoms with van der Waals surface area (Å²) < 4.78 is 0. The first-order chi connectivity index (χ1) is 14.1. The predicted molar refractivity (Wildman–Crippen MR) is 120 cm³/mol. The molecule has 0 aliphatic carbocycles. The van der Waals surface area contributed by atoms with Crippen molar-refractivity contribution in [3.8, 4) is 11.4 Å². The van der Waals surface area contributed by atoms with E-state index in [1.54, 1.807) is 24.4 Å². The van der Waals surface area contributed by atoms with E-state index < -0.39 is 0 Å². The summed E-state index contributed by atoms with van der Waals surface area (Å²) in [5, 5.41) is 4.78. The maximum atomic E-state index is 12.4. The average molecular weight is 424 g/mol. The molecule has 4 aromatic rings. The van der Waals surface area contributed by atoms with Gasteiger partial charge in [-0.05, 0) is 48.7 Å². The molecular weight excluding hydrogens is 405 g/mol. The zero-order chi connectivity index (χ0) is 20.2. The van der Waals surface area contributed by atoms with Crippen molar-refractivity contribution in [3.05, 3.63) is 82.5 Å². The lowest BCUT2D eigenvalue weighted by molar-refractivity contribution is -0.116. The van der Waals surface area contributed by atoms with Gasteiger partial charge in [0.05, 0.1) is 27.1 Å². The minimum absolute atomic E-state index is 0.0894. The fourth-order valence-corrected chi connectivity index (χ4v) is 3.78. The Morgan fingerprint density at radius 2 is 1.83 bits per heavy atom. The number of aryl methyl sites for hydroxylation is 1. The zero-order valence-electron chi connectivity index (χ0n) is 15.6. The minimum atomic E-state index is -0.0894. The minimum Gasteiger partial charge on any atom is -0.353 e. The van der Waals surface area contributed by atoms with Crippen LogP contribution in [0.5, 0.6) is 0 Å². The van der Waals surface area contributed by atoms with Crippen molar-refractivity contribution in [1.29, 1.82) is 0 Å². The number of para-hydroxylation sites is 1. The molecule has 2 heterocycles. The molecule has 0 aliphatic rings. The summed E-state index contributed by atoms with van der Waals surface area (Å²) in [7, 11) is 0. The van der Waals surface area contributed by atoms with Crippen LogP contribution in [0.4, 0.5) is 5.69 Å². The van der Waals surface area contributed by atoms with Crippen molar-refractivity contribution in [2.24, 2.45) is 0 Å². The second-order valence-corrected chi connectivity index (χ2v) is 7.53. The number of halogens is 2. The fourth-order valence-electron chi connectivity index (χ4n) is 3.43. The summed E-state index contributed by atoms with van der Waals surface area (Å²) in [6.07, 6.45) is 3.62. The van der Waals surface area contributed by atoms with E-state index in [0.717, 1.165) is 28.7 Å². The van der Waals surface area contributed by atoms with Gasteiger partial charge in [0.25, 0.3) is 0 Å². The van der Waals surface area contributed by atoms with E-state index in [-0.39, 0.29) is 5.91 Å². The molecule has 6 heteroatoms. The molecule has 0 aliphatic heterocycles. The van der Waals surface area contributed by atoms with Gasteiger partial charge < -0.3 is 10.3 Å². The van der Waals surface area contributed by atoms with Gasteiger partial charge in [0.15, 0.2) is 0 Å². The summed E-state index contributed by atoms with van der Waals surface area (Å²) in [5.74, 6) is -0.0894. The van der Waals surface area contributed by atoms with E-state index in [2.05, 4.69) is 27.4 Å². The van der Waals surface area contributed by atoms with E-state index in [0.29, 0.717) is 28.6 Å². The number of aromatic nitrogens is 2. The first-order valence-corrected chi connectivity index (χ1v) is 10.1. The number of nitrogens with zero attached hydrogens (tertiary/aromatic N) is 1. The summed E-state index contributed by atoms with van der Waals surface area (Å²) in [6, 6.07) is 19.2. The van der Waals surface area contributed by atoms with Gasteiger partial charge in [0.2, 0.25) is 5.91 Å². The standard InChI is InChI=1S/C23H19Cl2N3O/c24-17-9-6-12-19(22(17)25)27-21(29)13-5-8-16-15-7-1-2-10-18(15)28-23(16)20-11-3-4-14-26-20/h1-4,6-7,9-12,14,28H,5,8,13H2,(H,27,29). The zero-order valence-corrected chi connectivity index (χ0v) is 17.1. The number of aromatic amines is 1. The first-order valence-electron chi connectivity index (χ1n) is 9.38. The SMILES string of the molecule is O=C(CCCc1c(-c2ccccn2)[nH]c2ccccc12)Nc1cccc(Cl)c1Cl. The molecule has 0 saturated heterocycles. The van der Waals surface area contributed by atoms with E-state index in [4.69, 9.17) is 23.2 Å². The van der Waals surface area contributed by atoms with Gasteiger partial charge in [-0.25, -0.2) is 0 Å². The first kappa shape index (κ1) is 19.5. The molecule has 0 fully saturated rings. The molecule has 29 heavy (non-hydrogen) atoms. The van der Waals surface area contributed by atoms with E-state index in [9.17, 15) is 4.79 Å². The van der Waals surface area contributed by atoms with Gasteiger partial charge in [-0.3, -0.25) is 9.78 Å². The van der Waals surface area contributed by atoms with Crippen LogP contribution < -0.4 is 5.32 Å². The Morgan fingerprint density at radius 1 is 1.00 bits per heavy atom. The predicted octanol–water partition coefficient (Wildman–Crippen LogP) is 6.50. The van der Waals surface area contributed by atoms with Gasteiger partial charge in [0.1, 0.15) is 0 Å². The van der Waals surface area contributed by atoms with Crippen LogP contribution in [0.1, 0.15) is 18.4 Å². The lowest BCUT2D eigenvalue weighted by atomic mass is 10.0. The van der Waals surface area contributed by atoms with Crippen LogP contribution in [-0.2, 0) is 11.2 Å². The number of pyridine rings is 1. The van der Waals surface area contributed by atoms with Crippen LogP contribution in [0.25, 0.3) is 22.3 Å². The van der Waals surface area contributed by atoms with E-state index in [1.807, 2.05) is 30.3 Å². The molecule has 0 spiro atoms. The van der Waals surface area contributed by atoms with Crippen molar-refractivity contribution in [1.82, 2.24) is 9.97 Å². The fraction of sp³-hybridized carbons (Fsp3) is 0.130. The molecule has 0 bridgehead atoms. The van der Waals surface area contributed by atoms with E-state index >= 15 is 0 Å². The Morgan fingerprint density at radius 3 is 2.66 bits per heavy atom. The molecule has 4 nitrogen and oxygen atoms in total. The highest BCUT2D eigenvalue weighted by molar-refractivity contribution is 6.43. The monoisotopic (exact) mass is 423 g/mol. The number of rotatable bonds is 6. The Balaban J connectivity index is 1.50. The molecular formula is C23H19Cl2N3O. The van der Waals surface area contributed by atoms with Gasteiger partial charge in [-0.15, -0.1) is 0 Å². The van der Waals surface area contributed by atoms with Gasteiger partial charge in [-0.1, -0.05) is 53.5 Å². The summed E-state index contributed by atoms with van der Waals surface area (Å²) in [4.78, 5) is 20.4. The van der Waals surface area contributed by atoms with E-state index in [1.165, 1.54) is 5.56 Å². The Hall–Kier alpha value is -2.82. The van der Waals surface area contributed by atoms with Crippen molar-refractivity contribution in [2.45, 2.75) is 19.3 Å². The number of hydrogen-bond acceptors (Lipinski definition) is 2. The Labute approximate surface area is 178 Å². The third-order valence-corrected chi connectivity index (χ3v) is 5.61. The topological polar surface area (TPSA) is 57.8 Å². The number of amides is 1. The summed E-state index contributed by atoms with van der Waals surface area (Å²) >= 11 is 12.2. The molecule has 2 N–H and O–H groups in total. The van der Waals surface area contributed by atoms with Crippen molar-refractivity contribution in [2.75, 3.05) is 5.32 Å². The number of carbonyl (C=O) groups is 1. The second kappa shape index (κ2) is 8.68. The lowest BCUT2D eigenvalue weighted by Crippen LogP contribution is -2.12. The van der Waals surface area contributed by atoms with Crippen molar-refractivity contribution >= 4 is 45.7 Å². The van der Waals surface area contributed by atoms with Crippen LogP contribution in [-0.4, -0.2) is 15.9 Å². The molecule has 146 valence electrons. The number of H-pyrrole nitrogens is 1. The molecule has 2 aromatic carbocycles. The average Bonchev–Trinajstić information content (AvgIpc) is 3.11. The Kier molecular flexibility index (Phi) is 5.84. The quantitative estimate of drug-likeness (QED) is 0.371. The van der Waals surface area contributed by atoms with Gasteiger partial charge in [-0.2, -0.15) is 0 Å². The third-order valence-electron chi connectivity index (χ3n) is 4.79. The molecule has 4 rings (SSSR count). The number of carbonyl (C=O) groups excluding carboxylic acids is 1. The van der Waals surface area contributed by atoms with Crippen molar-refractivity contribution < 1.29 is 4.79 Å². The molecule has 1 amide bonds. The molecule has 2 aromatic heterocycles. The highest BCUT2D eigenvalue weighted by atomic mass is 35.5. The van der Waals surface area contributed by atoms with Crippen LogP contribution in [0.3, 0.4) is 0 Å². The Bertz CT molecular complexity index is 1160. The molecule has 0 radical (unpaired) electrons. The van der Waals surface area contributed by atoms with Crippen LogP contribution in [0.15, 0.2) is 66.9 Å². The van der Waals surface area contributed by atoms with Crippen LogP contribution >= 0.6 is 23.2 Å². The number of fused-ring (bicyclic) bond motifs is 1. The molecule has 0 saturated carbocycles. The number of nitrogens with one attached hydrogen (secondary N) is 2. The smallest absolute Gasteiger partial charge is 0.224 e. The maximum Gasteiger partial charge on any atom is 0.224 e. The normalized spacial score (nSPS) is 11.0. The second-order valence-electron chi connectivity index (χ2n) is 6.74. The summed E-state index contributed by atoms with van der Waals surface area (Å²) in [5.41, 5.74) is 4.68. The lowest BCUT2D eigenvalue weighted by Gasteiger charge is -2.09. The molecule has 0 atom stereocenters.